The van der Waals surface area contributed by atoms with Crippen LogP contribution in [0.5, 0.6) is 5.75 Å². The molecule has 2 unspecified atom stereocenters. The van der Waals surface area contributed by atoms with Crippen molar-refractivity contribution in [3.63, 3.8) is 0 Å². The minimum atomic E-state index is -0.971. The fraction of sp³-hybridized carbons (Fsp3) is 0.400. The van der Waals surface area contributed by atoms with Crippen LogP contribution in [-0.4, -0.2) is 27.2 Å². The minimum Gasteiger partial charge on any atom is -0.616 e. The Morgan fingerprint density at radius 1 is 1.00 bits per heavy atom. The van der Waals surface area contributed by atoms with Gasteiger partial charge in [0.05, 0.1) is 6.61 Å². The second-order valence-electron chi connectivity index (χ2n) is 5.95. The zero-order valence-corrected chi connectivity index (χ0v) is 16.5. The summed E-state index contributed by atoms with van der Waals surface area (Å²) in [5.41, 5.74) is 2.13. The normalized spacial score (nSPS) is 13.4. The Kier molecular flexibility index (Phi) is 8.68. The van der Waals surface area contributed by atoms with Crippen molar-refractivity contribution in [1.29, 1.82) is 0 Å². The first-order valence-corrected chi connectivity index (χ1v) is 11.4. The summed E-state index contributed by atoms with van der Waals surface area (Å²) in [6.07, 6.45) is 1.63. The molecular weight excluding hydrogens is 352 g/mol. The average Bonchev–Trinajstić information content (AvgIpc) is 2.61. The molecule has 0 aliphatic carbocycles. The SMILES string of the molecule is CCC[S+]([O-])c1cc(OCCC[S+]([O-])Cc2ccccc2)ccc1C. The molecule has 0 saturated carbocycles. The molecule has 0 spiro atoms. The maximum atomic E-state index is 12.2. The van der Waals surface area contributed by atoms with E-state index in [0.717, 1.165) is 34.6 Å². The van der Waals surface area contributed by atoms with Crippen molar-refractivity contribution in [3.8, 4) is 5.75 Å². The lowest BCUT2D eigenvalue weighted by molar-refractivity contribution is 0.316. The van der Waals surface area contributed by atoms with Crippen LogP contribution in [0.15, 0.2) is 53.4 Å². The molecule has 25 heavy (non-hydrogen) atoms. The minimum absolute atomic E-state index is 0.517. The zero-order valence-electron chi connectivity index (χ0n) is 14.9. The molecule has 0 aliphatic rings. The van der Waals surface area contributed by atoms with E-state index in [1.54, 1.807) is 0 Å². The van der Waals surface area contributed by atoms with E-state index in [1.165, 1.54) is 0 Å². The highest BCUT2D eigenvalue weighted by Gasteiger charge is 2.14. The Bertz CT molecular complexity index is 634. The summed E-state index contributed by atoms with van der Waals surface area (Å²) >= 11 is -1.85. The van der Waals surface area contributed by atoms with E-state index < -0.39 is 22.4 Å². The predicted octanol–water partition coefficient (Wildman–Crippen LogP) is 4.23. The fourth-order valence-electron chi connectivity index (χ4n) is 2.45. The first-order valence-electron chi connectivity index (χ1n) is 8.61. The fourth-order valence-corrected chi connectivity index (χ4v) is 4.87. The van der Waals surface area contributed by atoms with Crippen LogP contribution in [0.2, 0.25) is 0 Å². The highest BCUT2D eigenvalue weighted by molar-refractivity contribution is 7.91. The monoisotopic (exact) mass is 378 g/mol. The summed E-state index contributed by atoms with van der Waals surface area (Å²) in [6.45, 7) is 4.52. The number of benzene rings is 2. The molecule has 0 fully saturated rings. The van der Waals surface area contributed by atoms with Crippen molar-refractivity contribution in [2.24, 2.45) is 0 Å². The van der Waals surface area contributed by atoms with Gasteiger partial charge in [-0.25, -0.2) is 0 Å². The van der Waals surface area contributed by atoms with Gasteiger partial charge >= 0.3 is 0 Å². The predicted molar refractivity (Wildman–Crippen MR) is 106 cm³/mol. The molecular formula is C20H26O3S2. The van der Waals surface area contributed by atoms with Gasteiger partial charge in [0.1, 0.15) is 23.0 Å². The summed E-state index contributed by atoms with van der Waals surface area (Å²) in [5.74, 6) is 2.61. The third kappa shape index (κ3) is 6.94. The Balaban J connectivity index is 1.77. The molecule has 0 radical (unpaired) electrons. The second-order valence-corrected chi connectivity index (χ2v) is 9.07. The van der Waals surface area contributed by atoms with Crippen molar-refractivity contribution in [2.45, 2.75) is 37.3 Å². The van der Waals surface area contributed by atoms with Crippen LogP contribution in [0.3, 0.4) is 0 Å². The number of hydrogen-bond donors (Lipinski definition) is 0. The van der Waals surface area contributed by atoms with E-state index in [4.69, 9.17) is 4.74 Å². The maximum Gasteiger partial charge on any atom is 0.159 e. The van der Waals surface area contributed by atoms with Gasteiger partial charge in [0.2, 0.25) is 0 Å². The molecule has 2 rings (SSSR count). The van der Waals surface area contributed by atoms with Gasteiger partial charge in [-0.05, 0) is 41.8 Å². The number of aryl methyl sites for hydroxylation is 1. The summed E-state index contributed by atoms with van der Waals surface area (Å²) in [6, 6.07) is 15.6. The summed E-state index contributed by atoms with van der Waals surface area (Å²) in [5, 5.41) is 0. The van der Waals surface area contributed by atoms with Crippen molar-refractivity contribution >= 4 is 22.4 Å². The first kappa shape index (κ1) is 20.2. The average molecular weight is 379 g/mol. The van der Waals surface area contributed by atoms with Gasteiger partial charge < -0.3 is 13.8 Å². The van der Waals surface area contributed by atoms with E-state index in [0.29, 0.717) is 23.9 Å². The first-order chi connectivity index (χ1) is 12.1. The molecule has 2 aromatic carbocycles. The van der Waals surface area contributed by atoms with E-state index >= 15 is 0 Å². The van der Waals surface area contributed by atoms with Gasteiger partial charge in [0.15, 0.2) is 4.90 Å². The van der Waals surface area contributed by atoms with E-state index in [2.05, 4.69) is 0 Å². The van der Waals surface area contributed by atoms with Crippen LogP contribution in [-0.2, 0) is 28.1 Å². The molecule has 5 heteroatoms. The maximum absolute atomic E-state index is 12.2. The van der Waals surface area contributed by atoms with Gasteiger partial charge in [-0.1, -0.05) is 43.3 Å². The molecule has 0 bridgehead atoms. The van der Waals surface area contributed by atoms with Gasteiger partial charge in [-0.3, -0.25) is 0 Å². The molecule has 2 atom stereocenters. The molecule has 0 aromatic heterocycles. The van der Waals surface area contributed by atoms with Crippen molar-refractivity contribution in [1.82, 2.24) is 0 Å². The molecule has 0 heterocycles. The molecule has 0 aliphatic heterocycles. The zero-order chi connectivity index (χ0) is 18.1. The van der Waals surface area contributed by atoms with Gasteiger partial charge in [0.25, 0.3) is 0 Å². The second kappa shape index (κ2) is 10.8. The summed E-state index contributed by atoms with van der Waals surface area (Å²) < 4.78 is 30.1. The Morgan fingerprint density at radius 2 is 1.76 bits per heavy atom. The molecule has 2 aromatic rings. The third-order valence-electron chi connectivity index (χ3n) is 3.75. The molecule has 136 valence electrons. The number of hydrogen-bond acceptors (Lipinski definition) is 3. The Labute approximate surface area is 157 Å². The van der Waals surface area contributed by atoms with Crippen LogP contribution in [0.1, 0.15) is 30.9 Å². The highest BCUT2D eigenvalue weighted by Crippen LogP contribution is 2.23. The van der Waals surface area contributed by atoms with E-state index in [-0.39, 0.29) is 0 Å². The third-order valence-corrected chi connectivity index (χ3v) is 6.86. The smallest absolute Gasteiger partial charge is 0.159 e. The molecule has 0 N–H and O–H groups in total. The lowest BCUT2D eigenvalue weighted by atomic mass is 10.2. The topological polar surface area (TPSA) is 55.3 Å². The van der Waals surface area contributed by atoms with Crippen LogP contribution in [0, 0.1) is 6.92 Å². The van der Waals surface area contributed by atoms with Crippen molar-refractivity contribution in [2.75, 3.05) is 18.1 Å². The summed E-state index contributed by atoms with van der Waals surface area (Å²) in [7, 11) is 0. The van der Waals surface area contributed by atoms with Gasteiger partial charge in [-0.15, -0.1) is 0 Å². The largest absolute Gasteiger partial charge is 0.616 e. The van der Waals surface area contributed by atoms with Crippen LogP contribution < -0.4 is 4.74 Å². The summed E-state index contributed by atoms with van der Waals surface area (Å²) in [4.78, 5) is 0.854. The molecule has 0 saturated heterocycles. The number of rotatable bonds is 10. The Hall–Kier alpha value is -1.14. The quantitative estimate of drug-likeness (QED) is 0.459. The molecule has 3 nitrogen and oxygen atoms in total. The van der Waals surface area contributed by atoms with E-state index in [1.807, 2.05) is 62.4 Å². The lowest BCUT2D eigenvalue weighted by Gasteiger charge is -2.14. The van der Waals surface area contributed by atoms with Crippen LogP contribution in [0.4, 0.5) is 0 Å². The van der Waals surface area contributed by atoms with Crippen LogP contribution in [0.25, 0.3) is 0 Å². The number of ether oxygens (including phenoxy) is 1. The highest BCUT2D eigenvalue weighted by atomic mass is 32.2. The van der Waals surface area contributed by atoms with Crippen molar-refractivity contribution < 1.29 is 13.8 Å². The van der Waals surface area contributed by atoms with Crippen LogP contribution >= 0.6 is 0 Å². The van der Waals surface area contributed by atoms with Crippen molar-refractivity contribution in [3.05, 3.63) is 59.7 Å². The van der Waals surface area contributed by atoms with Gasteiger partial charge in [0, 0.05) is 23.6 Å². The standard InChI is InChI=1S/C20H26O3S2/c1-3-13-25(22)20-15-19(11-10-17(20)2)23-12-7-14-24(21)16-18-8-5-4-6-9-18/h4-6,8-11,15H,3,7,12-14,16H2,1-2H3. The lowest BCUT2D eigenvalue weighted by Crippen LogP contribution is -2.13. The van der Waals surface area contributed by atoms with E-state index in [9.17, 15) is 9.11 Å². The Morgan fingerprint density at radius 3 is 2.48 bits per heavy atom. The van der Waals surface area contributed by atoms with Gasteiger partial charge in [-0.2, -0.15) is 0 Å². The molecule has 0 amide bonds.